The zero-order valence-corrected chi connectivity index (χ0v) is 56.7. The summed E-state index contributed by atoms with van der Waals surface area (Å²) in [5.41, 5.74) is 0. The third-order valence-electron chi connectivity index (χ3n) is 15.6. The average molecular weight is 1200 g/mol. The van der Waals surface area contributed by atoms with Crippen LogP contribution in [0.3, 0.4) is 0 Å². The second kappa shape index (κ2) is 67.1. The summed E-state index contributed by atoms with van der Waals surface area (Å²) in [6.45, 7) is 4.80. The van der Waals surface area contributed by atoms with E-state index in [0.29, 0.717) is 17.4 Å². The summed E-state index contributed by atoms with van der Waals surface area (Å²) in [6.07, 6.45) is 89.5. The van der Waals surface area contributed by atoms with Crippen molar-refractivity contribution < 1.29 is 42.9 Å². The second-order valence-corrected chi connectivity index (χ2v) is 25.2. The molecule has 0 aromatic rings. The maximum atomic E-state index is 13.0. The molecule has 496 valence electrons. The highest BCUT2D eigenvalue weighted by atomic mass is 16.7. The molecule has 0 saturated carbocycles. The predicted molar refractivity (Wildman–Crippen MR) is 369 cm³/mol. The maximum absolute atomic E-state index is 13.0. The number of esters is 2. The van der Waals surface area contributed by atoms with E-state index in [-0.39, 0.29) is 32.2 Å². The Hall–Kier alpha value is -3.79. The van der Waals surface area contributed by atoms with Gasteiger partial charge in [-0.1, -0.05) is 323 Å². The fourth-order valence-corrected chi connectivity index (χ4v) is 10.2. The van der Waals surface area contributed by atoms with Crippen LogP contribution in [0.2, 0.25) is 0 Å². The number of hydrogen-bond acceptors (Lipinski definition) is 7. The molecule has 0 bridgehead atoms. The molecule has 9 heteroatoms. The third kappa shape index (κ3) is 67.7. The number of rotatable bonds is 66. The second-order valence-electron chi connectivity index (χ2n) is 25.2. The lowest BCUT2D eigenvalue weighted by Gasteiger charge is -2.25. The molecule has 0 heterocycles. The number of carboxylic acids is 1. The first-order valence-corrected chi connectivity index (χ1v) is 35.9. The zero-order chi connectivity index (χ0) is 62.6. The number of carboxylic acid groups (broad SMARTS) is 1. The van der Waals surface area contributed by atoms with Crippen LogP contribution in [0.15, 0.2) is 97.2 Å². The average Bonchev–Trinajstić information content (AvgIpc) is 3.63. The SMILES string of the molecule is CC/C=C\C/C=C\C/C=C\C/C=C\C/C=C\C/C=C\C/C=C\C/C=C\CCCCCCCCCCCCCCCCC(=O)OC(COC(=O)CCCCCCCCCCCCCCCCCCCCCCCC)COC(OCC[N+](C)(C)C)C(=O)O. The molecule has 86 heavy (non-hydrogen) atoms. The molecule has 0 rings (SSSR count). The number of carbonyl (C=O) groups is 3. The van der Waals surface area contributed by atoms with Crippen LogP contribution in [-0.4, -0.2) is 87.4 Å². The molecule has 0 spiro atoms. The minimum absolute atomic E-state index is 0.181. The van der Waals surface area contributed by atoms with Gasteiger partial charge in [0, 0.05) is 12.8 Å². The summed E-state index contributed by atoms with van der Waals surface area (Å²) in [6, 6.07) is 0. The normalized spacial score (nSPS) is 13.3. The molecular formula is C77H136NO8+. The first kappa shape index (κ1) is 82.2. The smallest absolute Gasteiger partial charge is 0.361 e. The largest absolute Gasteiger partial charge is 0.477 e. The van der Waals surface area contributed by atoms with E-state index in [1.165, 1.54) is 199 Å². The number of unbranched alkanes of at least 4 members (excludes halogenated alkanes) is 35. The number of ether oxygens (including phenoxy) is 4. The Morgan fingerprint density at radius 2 is 0.663 bits per heavy atom. The number of aliphatic carboxylic acids is 1. The molecule has 0 aliphatic rings. The summed E-state index contributed by atoms with van der Waals surface area (Å²) in [7, 11) is 5.98. The third-order valence-corrected chi connectivity index (χ3v) is 15.6. The Morgan fingerprint density at radius 3 is 0.988 bits per heavy atom. The van der Waals surface area contributed by atoms with Gasteiger partial charge in [0.1, 0.15) is 13.2 Å². The Kier molecular flexibility index (Phi) is 64.2. The van der Waals surface area contributed by atoms with E-state index in [4.69, 9.17) is 18.9 Å². The molecule has 2 atom stereocenters. The molecule has 0 aliphatic heterocycles. The molecule has 0 radical (unpaired) electrons. The van der Waals surface area contributed by atoms with Crippen LogP contribution in [0.25, 0.3) is 0 Å². The summed E-state index contributed by atoms with van der Waals surface area (Å²) in [5.74, 6) is -1.99. The molecular weight excluding hydrogens is 1070 g/mol. The van der Waals surface area contributed by atoms with Crippen molar-refractivity contribution in [3.05, 3.63) is 97.2 Å². The van der Waals surface area contributed by atoms with Crippen molar-refractivity contribution in [2.45, 2.75) is 328 Å². The van der Waals surface area contributed by atoms with Gasteiger partial charge in [-0.15, -0.1) is 0 Å². The first-order chi connectivity index (χ1) is 42.1. The van der Waals surface area contributed by atoms with E-state index in [9.17, 15) is 19.5 Å². The Balaban J connectivity index is 4.08. The number of carbonyl (C=O) groups excluding carboxylic acids is 2. The van der Waals surface area contributed by atoms with Crippen molar-refractivity contribution in [3.8, 4) is 0 Å². The van der Waals surface area contributed by atoms with Crippen LogP contribution in [0.4, 0.5) is 0 Å². The number of allylic oxidation sites excluding steroid dienone is 16. The van der Waals surface area contributed by atoms with Gasteiger partial charge in [0.2, 0.25) is 0 Å². The van der Waals surface area contributed by atoms with E-state index < -0.39 is 24.3 Å². The first-order valence-electron chi connectivity index (χ1n) is 35.9. The fraction of sp³-hybridized carbons (Fsp3) is 0.753. The molecule has 0 saturated heterocycles. The van der Waals surface area contributed by atoms with Crippen LogP contribution in [0.1, 0.15) is 316 Å². The molecule has 9 nitrogen and oxygen atoms in total. The topological polar surface area (TPSA) is 108 Å². The van der Waals surface area contributed by atoms with Crippen LogP contribution >= 0.6 is 0 Å². The zero-order valence-electron chi connectivity index (χ0n) is 56.7. The number of nitrogens with zero attached hydrogens (tertiary/aromatic N) is 1. The van der Waals surface area contributed by atoms with Crippen LogP contribution < -0.4 is 0 Å². The van der Waals surface area contributed by atoms with Gasteiger partial charge < -0.3 is 28.5 Å². The highest BCUT2D eigenvalue weighted by molar-refractivity contribution is 5.71. The van der Waals surface area contributed by atoms with Gasteiger partial charge in [0.05, 0.1) is 34.4 Å². The fourth-order valence-electron chi connectivity index (χ4n) is 10.2. The number of hydrogen-bond donors (Lipinski definition) is 1. The molecule has 0 aromatic heterocycles. The van der Waals surface area contributed by atoms with Crippen molar-refractivity contribution >= 4 is 17.9 Å². The monoisotopic (exact) mass is 1200 g/mol. The quantitative estimate of drug-likeness (QED) is 0.0211. The highest BCUT2D eigenvalue weighted by Crippen LogP contribution is 2.18. The van der Waals surface area contributed by atoms with Crippen molar-refractivity contribution in [3.63, 3.8) is 0 Å². The summed E-state index contributed by atoms with van der Waals surface area (Å²) in [4.78, 5) is 37.6. The van der Waals surface area contributed by atoms with Crippen molar-refractivity contribution in [1.82, 2.24) is 0 Å². The highest BCUT2D eigenvalue weighted by Gasteiger charge is 2.25. The minimum atomic E-state index is -1.51. The van der Waals surface area contributed by atoms with E-state index in [1.54, 1.807) is 0 Å². The molecule has 0 aromatic carbocycles. The molecule has 2 unspecified atom stereocenters. The van der Waals surface area contributed by atoms with Gasteiger partial charge in [-0.25, -0.2) is 4.79 Å². The Morgan fingerprint density at radius 1 is 0.360 bits per heavy atom. The van der Waals surface area contributed by atoms with Crippen molar-refractivity contribution in [2.24, 2.45) is 0 Å². The minimum Gasteiger partial charge on any atom is -0.477 e. The number of likely N-dealkylation sites (N-methyl/N-ethyl adjacent to an activating group) is 1. The maximum Gasteiger partial charge on any atom is 0.361 e. The summed E-state index contributed by atoms with van der Waals surface area (Å²) >= 11 is 0. The van der Waals surface area contributed by atoms with E-state index >= 15 is 0 Å². The lowest BCUT2D eigenvalue weighted by molar-refractivity contribution is -0.870. The van der Waals surface area contributed by atoms with Gasteiger partial charge in [-0.05, 0) is 77.0 Å². The molecule has 1 N–H and O–H groups in total. The standard InChI is InChI=1S/C77H135NO8/c1-6-8-10-12-14-16-18-20-22-24-26-28-30-31-32-33-34-35-36-37-38-39-40-41-42-43-44-45-46-48-50-52-54-56-58-60-62-64-66-68-75(80)86-73(72-85-77(76(81)82)83-70-69-78(3,4)5)71-84-74(79)67-65-63-61-59-57-55-53-51-49-47-29-27-25-23-21-19-17-15-13-11-9-7-2/h8,10,14,16,20,22,26,28,31-32,34-35,37-38,40-41,73,77H,6-7,9,11-13,15,17-19,21,23-25,27,29-30,33,36,39,42-72H2,1-5H3/p+1/b10-8-,16-14-,22-20-,28-26-,32-31-,35-34-,38-37-,41-40-. The predicted octanol–water partition coefficient (Wildman–Crippen LogP) is 22.4. The lowest BCUT2D eigenvalue weighted by atomic mass is 10.0. The Labute approximate surface area is 531 Å². The van der Waals surface area contributed by atoms with E-state index in [1.807, 2.05) is 21.1 Å². The van der Waals surface area contributed by atoms with Crippen molar-refractivity contribution in [2.75, 3.05) is 47.5 Å². The van der Waals surface area contributed by atoms with Gasteiger partial charge in [-0.2, -0.15) is 0 Å². The van der Waals surface area contributed by atoms with E-state index in [0.717, 1.165) is 89.9 Å². The van der Waals surface area contributed by atoms with Crippen LogP contribution in [0.5, 0.6) is 0 Å². The Bertz CT molecular complexity index is 1730. The van der Waals surface area contributed by atoms with Gasteiger partial charge in [-0.3, -0.25) is 9.59 Å². The molecule has 0 amide bonds. The molecule has 0 fully saturated rings. The van der Waals surface area contributed by atoms with Gasteiger partial charge in [0.15, 0.2) is 6.10 Å². The lowest BCUT2D eigenvalue weighted by Crippen LogP contribution is -2.40. The summed E-state index contributed by atoms with van der Waals surface area (Å²) in [5, 5.41) is 9.75. The number of quaternary nitrogens is 1. The summed E-state index contributed by atoms with van der Waals surface area (Å²) < 4.78 is 23.0. The van der Waals surface area contributed by atoms with Crippen LogP contribution in [-0.2, 0) is 33.3 Å². The molecule has 0 aliphatic carbocycles. The van der Waals surface area contributed by atoms with E-state index in [2.05, 4.69) is 111 Å². The van der Waals surface area contributed by atoms with Crippen molar-refractivity contribution in [1.29, 1.82) is 0 Å². The van der Waals surface area contributed by atoms with Gasteiger partial charge in [0.25, 0.3) is 6.29 Å². The van der Waals surface area contributed by atoms with Gasteiger partial charge >= 0.3 is 17.9 Å². The van der Waals surface area contributed by atoms with Crippen LogP contribution in [0, 0.1) is 0 Å².